The van der Waals surface area contributed by atoms with Crippen LogP contribution in [0.5, 0.6) is 0 Å². The first-order valence-corrected chi connectivity index (χ1v) is 17.5. The van der Waals surface area contributed by atoms with Crippen LogP contribution in [0.25, 0.3) is 0 Å². The highest BCUT2D eigenvalue weighted by Gasteiger charge is 2.34. The molecule has 2 bridgehead atoms. The Labute approximate surface area is 285 Å². The minimum atomic E-state index is -0.147. The van der Waals surface area contributed by atoms with Gasteiger partial charge in [0.2, 0.25) is 0 Å². The highest BCUT2D eigenvalue weighted by molar-refractivity contribution is 6.30. The Bertz CT molecular complexity index is 1430. The van der Waals surface area contributed by atoms with Gasteiger partial charge in [-0.25, -0.2) is 0 Å². The quantitative estimate of drug-likeness (QED) is 0.154. The summed E-state index contributed by atoms with van der Waals surface area (Å²) in [6.07, 6.45) is 18.7. The van der Waals surface area contributed by atoms with Crippen LogP contribution in [0.2, 0.25) is 5.02 Å². The molecule has 244 valence electrons. The number of anilines is 1. The molecule has 3 aromatic rings. The Kier molecular flexibility index (Phi) is 15.4. The number of hydrogen-bond acceptors (Lipinski definition) is 1. The van der Waals surface area contributed by atoms with Crippen molar-refractivity contribution in [1.29, 1.82) is 0 Å². The summed E-state index contributed by atoms with van der Waals surface area (Å²) in [5.74, 6) is 0.854. The first-order chi connectivity index (χ1) is 22.2. The SMILES string of the molecule is C=C(CC)CCC.C=C/C=C/CC(Cc1ccccc1)(Cc1ccccc1)c1cc(Cl)ccc1NC.CC1=C2CC(=CC1)C(C)C2. The largest absolute Gasteiger partial charge is 0.388 e. The van der Waals surface area contributed by atoms with E-state index in [1.165, 1.54) is 54.4 Å². The monoisotopic (exact) mass is 633 g/mol. The smallest absolute Gasteiger partial charge is 0.0410 e. The van der Waals surface area contributed by atoms with E-state index in [9.17, 15) is 0 Å². The normalized spacial score (nSPS) is 15.3. The van der Waals surface area contributed by atoms with Gasteiger partial charge in [0.1, 0.15) is 0 Å². The first-order valence-electron chi connectivity index (χ1n) is 17.1. The van der Waals surface area contributed by atoms with E-state index in [-0.39, 0.29) is 5.41 Å². The average molecular weight is 634 g/mol. The molecule has 46 heavy (non-hydrogen) atoms. The summed E-state index contributed by atoms with van der Waals surface area (Å²) in [5, 5.41) is 4.15. The van der Waals surface area contributed by atoms with E-state index in [4.69, 9.17) is 11.6 Å². The molecule has 0 aliphatic heterocycles. The molecule has 0 amide bonds. The van der Waals surface area contributed by atoms with E-state index in [2.05, 4.69) is 131 Å². The van der Waals surface area contributed by atoms with Gasteiger partial charge in [0.25, 0.3) is 0 Å². The molecule has 2 heteroatoms. The number of nitrogens with one attached hydrogen (secondary N) is 1. The van der Waals surface area contributed by atoms with Crippen molar-refractivity contribution in [3.8, 4) is 0 Å². The Morgan fingerprint density at radius 3 is 2.11 bits per heavy atom. The van der Waals surface area contributed by atoms with Gasteiger partial charge in [0.15, 0.2) is 0 Å². The third-order valence-corrected chi connectivity index (χ3v) is 9.59. The van der Waals surface area contributed by atoms with E-state index in [1.807, 2.05) is 25.3 Å². The molecule has 3 aromatic carbocycles. The molecule has 1 fully saturated rings. The molecule has 5 rings (SSSR count). The van der Waals surface area contributed by atoms with Crippen LogP contribution < -0.4 is 5.32 Å². The molecule has 1 unspecified atom stereocenters. The number of hydrogen-bond donors (Lipinski definition) is 1. The Morgan fingerprint density at radius 2 is 1.61 bits per heavy atom. The van der Waals surface area contributed by atoms with E-state index in [0.29, 0.717) is 0 Å². The van der Waals surface area contributed by atoms with Crippen molar-refractivity contribution < 1.29 is 0 Å². The fourth-order valence-corrected chi connectivity index (χ4v) is 6.77. The van der Waals surface area contributed by atoms with Gasteiger partial charge in [0.05, 0.1) is 0 Å². The van der Waals surface area contributed by atoms with Crippen molar-refractivity contribution in [3.63, 3.8) is 0 Å². The molecular formula is C44H56ClN. The highest BCUT2D eigenvalue weighted by atomic mass is 35.5. The van der Waals surface area contributed by atoms with Gasteiger partial charge in [-0.15, -0.1) is 0 Å². The Balaban J connectivity index is 0.000000274. The molecule has 2 aliphatic carbocycles. The zero-order chi connectivity index (χ0) is 33.4. The Hall–Kier alpha value is -3.55. The third kappa shape index (κ3) is 11.1. The van der Waals surface area contributed by atoms with Gasteiger partial charge in [0, 0.05) is 23.2 Å². The van der Waals surface area contributed by atoms with Gasteiger partial charge < -0.3 is 5.32 Å². The predicted octanol–water partition coefficient (Wildman–Crippen LogP) is 13.1. The molecule has 1 atom stereocenters. The van der Waals surface area contributed by atoms with Crippen molar-refractivity contribution in [2.75, 3.05) is 12.4 Å². The fourth-order valence-electron chi connectivity index (χ4n) is 6.59. The maximum atomic E-state index is 6.49. The molecule has 0 aromatic heterocycles. The highest BCUT2D eigenvalue weighted by Crippen LogP contribution is 2.42. The molecule has 0 spiro atoms. The summed E-state index contributed by atoms with van der Waals surface area (Å²) in [5.41, 5.74) is 11.3. The molecule has 0 heterocycles. The number of rotatable bonds is 12. The summed E-state index contributed by atoms with van der Waals surface area (Å²) in [7, 11) is 1.97. The molecule has 0 saturated heterocycles. The zero-order valence-electron chi connectivity index (χ0n) is 29.0. The second kappa shape index (κ2) is 19.2. The van der Waals surface area contributed by atoms with Crippen LogP contribution in [0.3, 0.4) is 0 Å². The molecule has 1 nitrogen and oxygen atoms in total. The second-order valence-electron chi connectivity index (χ2n) is 12.9. The molecule has 0 radical (unpaired) electrons. The van der Waals surface area contributed by atoms with Crippen LogP contribution in [0, 0.1) is 5.92 Å². The second-order valence-corrected chi connectivity index (χ2v) is 13.4. The summed E-state index contributed by atoms with van der Waals surface area (Å²) < 4.78 is 0. The van der Waals surface area contributed by atoms with Crippen molar-refractivity contribution in [1.82, 2.24) is 0 Å². The maximum Gasteiger partial charge on any atom is 0.0410 e. The van der Waals surface area contributed by atoms with Gasteiger partial charge in [-0.2, -0.15) is 0 Å². The molecule has 1 saturated carbocycles. The number of halogens is 1. The van der Waals surface area contributed by atoms with Gasteiger partial charge in [-0.05, 0) is 99.1 Å². The summed E-state index contributed by atoms with van der Waals surface area (Å²) in [4.78, 5) is 0. The number of benzene rings is 3. The first kappa shape index (κ1) is 36.9. The van der Waals surface area contributed by atoms with Crippen molar-refractivity contribution in [2.24, 2.45) is 5.92 Å². The number of fused-ring (bicyclic) bond motifs is 2. The van der Waals surface area contributed by atoms with Gasteiger partial charge in [-0.1, -0.05) is 159 Å². The van der Waals surface area contributed by atoms with E-state index >= 15 is 0 Å². The lowest BCUT2D eigenvalue weighted by molar-refractivity contribution is 0.425. The maximum absolute atomic E-state index is 6.49. The van der Waals surface area contributed by atoms with Crippen molar-refractivity contribution in [2.45, 2.75) is 90.9 Å². The van der Waals surface area contributed by atoms with Crippen LogP contribution in [0.4, 0.5) is 5.69 Å². The predicted molar refractivity (Wildman–Crippen MR) is 205 cm³/mol. The fraction of sp³-hybridized carbons (Fsp3) is 0.364. The van der Waals surface area contributed by atoms with Crippen molar-refractivity contribution >= 4 is 17.3 Å². The van der Waals surface area contributed by atoms with Crippen LogP contribution in [-0.2, 0) is 18.3 Å². The molecular weight excluding hydrogens is 578 g/mol. The number of allylic oxidation sites excluding steroid dienone is 8. The van der Waals surface area contributed by atoms with Crippen LogP contribution >= 0.6 is 11.6 Å². The summed E-state index contributed by atoms with van der Waals surface area (Å²) in [6, 6.07) is 27.6. The van der Waals surface area contributed by atoms with Gasteiger partial charge >= 0.3 is 0 Å². The minimum absolute atomic E-state index is 0.147. The minimum Gasteiger partial charge on any atom is -0.388 e. The lowest BCUT2D eigenvalue weighted by Gasteiger charge is -2.36. The third-order valence-electron chi connectivity index (χ3n) is 9.35. The van der Waals surface area contributed by atoms with Crippen LogP contribution in [0.15, 0.2) is 139 Å². The average Bonchev–Trinajstić information content (AvgIpc) is 3.39. The van der Waals surface area contributed by atoms with Crippen molar-refractivity contribution in [3.05, 3.63) is 160 Å². The lowest BCUT2D eigenvalue weighted by atomic mass is 9.68. The lowest BCUT2D eigenvalue weighted by Crippen LogP contribution is -2.32. The van der Waals surface area contributed by atoms with Crippen LogP contribution in [-0.4, -0.2) is 7.05 Å². The topological polar surface area (TPSA) is 12.0 Å². The molecule has 1 N–H and O–H groups in total. The summed E-state index contributed by atoms with van der Waals surface area (Å²) >= 11 is 6.49. The summed E-state index contributed by atoms with van der Waals surface area (Å²) in [6.45, 7) is 16.7. The van der Waals surface area contributed by atoms with E-state index in [1.54, 1.807) is 16.7 Å². The van der Waals surface area contributed by atoms with E-state index < -0.39 is 0 Å². The Morgan fingerprint density at radius 1 is 0.978 bits per heavy atom. The molecule has 2 aliphatic rings. The van der Waals surface area contributed by atoms with Gasteiger partial charge in [-0.3, -0.25) is 0 Å². The zero-order valence-corrected chi connectivity index (χ0v) is 29.8. The van der Waals surface area contributed by atoms with E-state index in [0.717, 1.165) is 42.3 Å². The standard InChI is InChI=1S/C27H28ClN.C10H14.C7H14/c1-3-4-11-18-27(20-22-12-7-5-8-13-22,21-23-14-9-6-10-15-23)25-19-24(28)16-17-26(25)29-2;1-7-3-4-9-6-10(7)5-8(9)2;1-4-6-7(3)5-2/h3-17,19,29H,1,18,20-21H2,2H3;4,8H,3,5-6H2,1-2H3;3-6H2,1-2H3/b11-4+;;. The van der Waals surface area contributed by atoms with Crippen LogP contribution in [0.1, 0.15) is 89.3 Å².